The summed E-state index contributed by atoms with van der Waals surface area (Å²) in [6.07, 6.45) is 0.779. The molecule has 166 valence electrons. The highest BCUT2D eigenvalue weighted by Gasteiger charge is 2.22. The minimum atomic E-state index is -0.755. The molecule has 2 amide bonds. The topological polar surface area (TPSA) is 124 Å². The highest BCUT2D eigenvalue weighted by atomic mass is 35.5. The average molecular weight is 476 g/mol. The van der Waals surface area contributed by atoms with Crippen LogP contribution in [-0.4, -0.2) is 36.7 Å². The number of rotatable bonds is 6. The zero-order valence-electron chi connectivity index (χ0n) is 17.1. The number of aromatic amines is 1. The number of halogens is 2. The molecule has 0 fully saturated rings. The van der Waals surface area contributed by atoms with Crippen molar-refractivity contribution in [2.75, 3.05) is 19.0 Å². The number of carbonyl (C=O) groups is 3. The van der Waals surface area contributed by atoms with Crippen LogP contribution >= 0.6 is 23.2 Å². The zero-order valence-corrected chi connectivity index (χ0v) is 18.6. The van der Waals surface area contributed by atoms with E-state index in [2.05, 4.69) is 15.0 Å². The summed E-state index contributed by atoms with van der Waals surface area (Å²) in [7, 11) is 1.23. The number of nitrogens with two attached hydrogens (primary N) is 1. The molecule has 0 saturated carbocycles. The number of hydrogen-bond donors (Lipinski definition) is 3. The summed E-state index contributed by atoms with van der Waals surface area (Å²) in [6.45, 7) is 1.82. The monoisotopic (exact) mass is 475 g/mol. The van der Waals surface area contributed by atoms with Crippen molar-refractivity contribution < 1.29 is 23.9 Å². The van der Waals surface area contributed by atoms with Crippen LogP contribution in [0.1, 0.15) is 28.5 Å². The molecular formula is C22H19Cl2N3O5. The Morgan fingerprint density at radius 2 is 1.94 bits per heavy atom. The van der Waals surface area contributed by atoms with Crippen LogP contribution in [0, 0.1) is 0 Å². The number of aromatic nitrogens is 1. The van der Waals surface area contributed by atoms with Crippen LogP contribution in [0.5, 0.6) is 0 Å². The maximum atomic E-state index is 12.6. The molecule has 1 aromatic heterocycles. The number of methoxy groups -OCH3 is 1. The minimum absolute atomic E-state index is 0.0796. The molecule has 1 heterocycles. The maximum Gasteiger partial charge on any atom is 0.411 e. The Balaban J connectivity index is 2.23. The smallest absolute Gasteiger partial charge is 0.411 e. The normalized spacial score (nSPS) is 11.3. The lowest BCUT2D eigenvalue weighted by Gasteiger charge is -2.09. The van der Waals surface area contributed by atoms with E-state index in [-0.39, 0.29) is 22.9 Å². The van der Waals surface area contributed by atoms with Crippen molar-refractivity contribution in [1.82, 2.24) is 4.98 Å². The van der Waals surface area contributed by atoms with Gasteiger partial charge in [-0.3, -0.25) is 10.1 Å². The highest BCUT2D eigenvalue weighted by Crippen LogP contribution is 2.35. The fraction of sp³-hybridized carbons (Fsp3) is 0.136. The van der Waals surface area contributed by atoms with Crippen LogP contribution in [0.15, 0.2) is 36.4 Å². The predicted molar refractivity (Wildman–Crippen MR) is 124 cm³/mol. The van der Waals surface area contributed by atoms with Crippen molar-refractivity contribution in [3.8, 4) is 0 Å². The Bertz CT molecular complexity index is 1250. The molecule has 0 aliphatic heterocycles. The summed E-state index contributed by atoms with van der Waals surface area (Å²) in [5.41, 5.74) is 7.42. The van der Waals surface area contributed by atoms with Gasteiger partial charge < -0.3 is 20.2 Å². The first-order valence-corrected chi connectivity index (χ1v) is 10.2. The van der Waals surface area contributed by atoms with E-state index < -0.39 is 18.0 Å². The van der Waals surface area contributed by atoms with Gasteiger partial charge in [0.05, 0.1) is 18.7 Å². The molecule has 4 N–H and O–H groups in total. The van der Waals surface area contributed by atoms with Crippen molar-refractivity contribution in [2.24, 2.45) is 5.73 Å². The van der Waals surface area contributed by atoms with Crippen molar-refractivity contribution >= 4 is 69.4 Å². The Morgan fingerprint density at radius 1 is 1.19 bits per heavy atom. The second-order valence-corrected chi connectivity index (χ2v) is 7.41. The molecule has 3 aromatic rings. The van der Waals surface area contributed by atoms with Crippen LogP contribution in [0.2, 0.25) is 10.0 Å². The number of nitrogens with one attached hydrogen (secondary N) is 2. The Morgan fingerprint density at radius 3 is 2.59 bits per heavy atom. The SMILES string of the molecule is CCOC(=O)c1[nH]c2cc(Cl)cc(Cl)c2c1C=C(C(N)=O)c1cccc(NC(=O)OC)c1. The Labute approximate surface area is 193 Å². The van der Waals surface area contributed by atoms with Crippen LogP contribution in [0.3, 0.4) is 0 Å². The van der Waals surface area contributed by atoms with E-state index in [1.807, 2.05) is 0 Å². The molecule has 8 nitrogen and oxygen atoms in total. The number of primary amides is 1. The third-order valence-electron chi connectivity index (χ3n) is 4.49. The number of H-pyrrole nitrogens is 1. The van der Waals surface area contributed by atoms with Gasteiger partial charge in [0.2, 0.25) is 5.91 Å². The van der Waals surface area contributed by atoms with Crippen LogP contribution in [-0.2, 0) is 14.3 Å². The van der Waals surface area contributed by atoms with Gasteiger partial charge in [-0.1, -0.05) is 35.3 Å². The van der Waals surface area contributed by atoms with Crippen LogP contribution in [0.25, 0.3) is 22.6 Å². The van der Waals surface area contributed by atoms with Gasteiger partial charge in [0, 0.05) is 32.7 Å². The predicted octanol–water partition coefficient (Wildman–Crippen LogP) is 4.86. The molecule has 0 aliphatic rings. The Hall–Kier alpha value is -3.49. The number of ether oxygens (including phenoxy) is 2. The molecule has 3 rings (SSSR count). The molecule has 0 atom stereocenters. The zero-order chi connectivity index (χ0) is 23.4. The number of benzene rings is 2. The molecule has 0 saturated heterocycles. The van der Waals surface area contributed by atoms with Crippen molar-refractivity contribution in [3.05, 3.63) is 63.3 Å². The number of fused-ring (bicyclic) bond motifs is 1. The molecule has 0 bridgehead atoms. The number of amides is 2. The molecule has 32 heavy (non-hydrogen) atoms. The quantitative estimate of drug-likeness (QED) is 0.347. The third-order valence-corrected chi connectivity index (χ3v) is 5.01. The number of anilines is 1. The van der Waals surface area contributed by atoms with E-state index in [1.54, 1.807) is 37.3 Å². The van der Waals surface area contributed by atoms with E-state index in [1.165, 1.54) is 19.3 Å². The van der Waals surface area contributed by atoms with E-state index >= 15 is 0 Å². The van der Waals surface area contributed by atoms with Gasteiger partial charge in [-0.05, 0) is 42.8 Å². The maximum absolute atomic E-state index is 12.6. The molecular weight excluding hydrogens is 457 g/mol. The van der Waals surface area contributed by atoms with E-state index in [4.69, 9.17) is 33.7 Å². The van der Waals surface area contributed by atoms with E-state index in [9.17, 15) is 14.4 Å². The summed E-state index contributed by atoms with van der Waals surface area (Å²) < 4.78 is 9.72. The van der Waals surface area contributed by atoms with Gasteiger partial charge in [-0.15, -0.1) is 0 Å². The molecule has 0 radical (unpaired) electrons. The van der Waals surface area contributed by atoms with Crippen LogP contribution < -0.4 is 11.1 Å². The average Bonchev–Trinajstić information content (AvgIpc) is 3.10. The molecule has 0 unspecified atom stereocenters. The summed E-state index contributed by atoms with van der Waals surface area (Å²) in [5, 5.41) is 3.63. The second-order valence-electron chi connectivity index (χ2n) is 6.56. The standard InChI is InChI=1S/C22H19Cl2N3O5/c1-3-32-21(29)19-15(18-16(24)8-12(23)9-17(18)27-19)10-14(20(25)28)11-5-4-6-13(7-11)26-22(30)31-2/h4-10,27H,3H2,1-2H3,(H2,25,28)(H,26,30). The summed E-state index contributed by atoms with van der Waals surface area (Å²) >= 11 is 12.5. The van der Waals surface area contributed by atoms with Gasteiger partial charge in [-0.25, -0.2) is 9.59 Å². The van der Waals surface area contributed by atoms with E-state index in [0.717, 1.165) is 0 Å². The first kappa shape index (κ1) is 23.2. The van der Waals surface area contributed by atoms with Gasteiger partial charge in [0.25, 0.3) is 0 Å². The minimum Gasteiger partial charge on any atom is -0.461 e. The lowest BCUT2D eigenvalue weighted by Crippen LogP contribution is -2.14. The molecule has 0 spiro atoms. The Kier molecular flexibility index (Phi) is 7.07. The van der Waals surface area contributed by atoms with Crippen LogP contribution in [0.4, 0.5) is 10.5 Å². The van der Waals surface area contributed by atoms with Gasteiger partial charge >= 0.3 is 12.1 Å². The fourth-order valence-corrected chi connectivity index (χ4v) is 3.75. The van der Waals surface area contributed by atoms with Crippen molar-refractivity contribution in [3.63, 3.8) is 0 Å². The highest BCUT2D eigenvalue weighted by molar-refractivity contribution is 6.39. The number of esters is 1. The van der Waals surface area contributed by atoms with E-state index in [0.29, 0.717) is 32.7 Å². The summed E-state index contributed by atoms with van der Waals surface area (Å²) in [6, 6.07) is 9.56. The lowest BCUT2D eigenvalue weighted by atomic mass is 10.00. The largest absolute Gasteiger partial charge is 0.461 e. The van der Waals surface area contributed by atoms with Gasteiger partial charge in [0.15, 0.2) is 0 Å². The fourth-order valence-electron chi connectivity index (χ4n) is 3.16. The molecule has 2 aromatic carbocycles. The first-order chi connectivity index (χ1) is 15.2. The first-order valence-electron chi connectivity index (χ1n) is 9.39. The number of carbonyl (C=O) groups excluding carboxylic acids is 3. The van der Waals surface area contributed by atoms with Crippen molar-refractivity contribution in [2.45, 2.75) is 6.92 Å². The molecule has 0 aliphatic carbocycles. The lowest BCUT2D eigenvalue weighted by molar-refractivity contribution is -0.112. The van der Waals surface area contributed by atoms with Crippen molar-refractivity contribution in [1.29, 1.82) is 0 Å². The summed E-state index contributed by atoms with van der Waals surface area (Å²) in [5.74, 6) is -1.39. The third kappa shape index (κ3) is 4.87. The second kappa shape index (κ2) is 9.76. The molecule has 10 heteroatoms. The summed E-state index contributed by atoms with van der Waals surface area (Å²) in [4.78, 5) is 39.4. The van der Waals surface area contributed by atoms with Gasteiger partial charge in [0.1, 0.15) is 5.69 Å². The van der Waals surface area contributed by atoms with Gasteiger partial charge in [-0.2, -0.15) is 0 Å². The number of hydrogen-bond acceptors (Lipinski definition) is 5.